The smallest absolute Gasteiger partial charge is 0.454 e. The maximum Gasteiger partial charge on any atom is 2.00 e. The van der Waals surface area contributed by atoms with E-state index in [0.717, 1.165) is 5.69 Å². The molecule has 0 atom stereocenters. The Balaban J connectivity index is 0.000000720. The van der Waals surface area contributed by atoms with Crippen molar-refractivity contribution in [1.82, 2.24) is 9.55 Å². The maximum absolute atomic E-state index is 3.82. The van der Waals surface area contributed by atoms with Crippen molar-refractivity contribution in [2.45, 2.75) is 0 Å². The fraction of sp³-hybridized carbons (Fsp3) is 0. The topological polar surface area (TPSA) is 17.8 Å². The normalized spacial score (nSPS) is 8.31. The number of hydrogen-bond donors (Lipinski definition) is 0. The van der Waals surface area contributed by atoms with E-state index in [4.69, 9.17) is 0 Å². The van der Waals surface area contributed by atoms with Gasteiger partial charge in [0.15, 0.2) is 0 Å². The molecule has 0 radical (unpaired) electrons. The molecule has 0 amide bonds. The van der Waals surface area contributed by atoms with E-state index in [1.54, 1.807) is 10.8 Å². The molecule has 0 saturated heterocycles. The quantitative estimate of drug-likeness (QED) is 0.533. The monoisotopic (exact) mass is 510 g/mol. The first-order valence-electron chi connectivity index (χ1n) is 3.35. The summed E-state index contributed by atoms with van der Waals surface area (Å²) in [5.41, 5.74) is 0.963. The van der Waals surface area contributed by atoms with Crippen LogP contribution in [0, 0.1) is 12.4 Å². The Morgan fingerprint density at radius 3 is 2.69 bits per heavy atom. The van der Waals surface area contributed by atoms with Crippen LogP contribution < -0.4 is 0 Å². The molecule has 0 aliphatic carbocycles. The number of imidazole rings is 1. The van der Waals surface area contributed by atoms with Gasteiger partial charge in [0.2, 0.25) is 0 Å². The molecule has 0 saturated carbocycles. The molecular formula is C9H6N2W2. The predicted molar refractivity (Wildman–Crippen MR) is 41.2 cm³/mol. The van der Waals surface area contributed by atoms with Crippen LogP contribution in [-0.4, -0.2) is 9.55 Å². The van der Waals surface area contributed by atoms with Gasteiger partial charge in [-0.1, -0.05) is 12.4 Å². The van der Waals surface area contributed by atoms with Crippen molar-refractivity contribution in [1.29, 1.82) is 0 Å². The van der Waals surface area contributed by atoms with Crippen LogP contribution in [0.3, 0.4) is 0 Å². The molecular weight excluding hydrogens is 504 g/mol. The number of nitrogens with zero attached hydrogens (tertiary/aromatic N) is 2. The first-order chi connectivity index (χ1) is 5.47. The summed E-state index contributed by atoms with van der Waals surface area (Å²) >= 11 is 0. The number of hydrogen-bond acceptors (Lipinski definition) is 1. The van der Waals surface area contributed by atoms with Crippen molar-refractivity contribution in [3.8, 4) is 5.69 Å². The van der Waals surface area contributed by atoms with Gasteiger partial charge in [0.25, 0.3) is 0 Å². The van der Waals surface area contributed by atoms with Crippen molar-refractivity contribution in [3.63, 3.8) is 0 Å². The van der Waals surface area contributed by atoms with Crippen LogP contribution in [0.25, 0.3) is 5.69 Å². The average Bonchev–Trinajstić information content (AvgIpc) is 2.58. The van der Waals surface area contributed by atoms with Gasteiger partial charge in [-0.15, -0.1) is 0 Å². The molecule has 0 unspecified atom stereocenters. The van der Waals surface area contributed by atoms with E-state index in [-0.39, 0.29) is 42.1 Å². The molecule has 0 spiro atoms. The molecule has 0 fully saturated rings. The van der Waals surface area contributed by atoms with Crippen molar-refractivity contribution in [2.75, 3.05) is 0 Å². The summed E-state index contributed by atoms with van der Waals surface area (Å²) < 4.78 is 1.79. The molecule has 0 aliphatic rings. The number of benzene rings is 1. The molecule has 2 aromatic rings. The van der Waals surface area contributed by atoms with E-state index in [1.165, 1.54) is 0 Å². The Labute approximate surface area is 106 Å². The molecule has 0 aliphatic heterocycles. The van der Waals surface area contributed by atoms with Crippen LogP contribution in [0.4, 0.5) is 0 Å². The molecule has 4 heteroatoms. The van der Waals surface area contributed by atoms with Crippen LogP contribution in [0.2, 0.25) is 0 Å². The second-order valence-corrected chi connectivity index (χ2v) is 2.15. The summed E-state index contributed by atoms with van der Waals surface area (Å²) in [5, 5.41) is 0. The zero-order valence-corrected chi connectivity index (χ0v) is 12.5. The Morgan fingerprint density at radius 2 is 2.15 bits per heavy atom. The van der Waals surface area contributed by atoms with Crippen molar-refractivity contribution in [3.05, 3.63) is 49.1 Å². The van der Waals surface area contributed by atoms with Gasteiger partial charge in [-0.25, -0.2) is 6.07 Å². The van der Waals surface area contributed by atoms with Crippen LogP contribution in [-0.2, 0) is 42.1 Å². The zero-order chi connectivity index (χ0) is 7.52. The van der Waals surface area contributed by atoms with Gasteiger partial charge in [0.05, 0.1) is 0 Å². The minimum Gasteiger partial charge on any atom is -0.454 e. The number of aromatic nitrogens is 2. The first kappa shape index (κ1) is 12.8. The van der Waals surface area contributed by atoms with E-state index in [9.17, 15) is 0 Å². The summed E-state index contributed by atoms with van der Waals surface area (Å²) in [4.78, 5) is 3.82. The van der Waals surface area contributed by atoms with Gasteiger partial charge in [-0.05, 0) is 0 Å². The Bertz CT molecular complexity index is 319. The molecule has 1 aromatic heterocycles. The van der Waals surface area contributed by atoms with Crippen LogP contribution in [0.15, 0.2) is 36.7 Å². The van der Waals surface area contributed by atoms with E-state index in [2.05, 4.69) is 17.4 Å². The largest absolute Gasteiger partial charge is 2.00 e. The van der Waals surface area contributed by atoms with Gasteiger partial charge in [-0.3, -0.25) is 0 Å². The molecule has 64 valence electrons. The van der Waals surface area contributed by atoms with Gasteiger partial charge in [-0.2, -0.15) is 30.0 Å². The fourth-order valence-corrected chi connectivity index (χ4v) is 0.897. The van der Waals surface area contributed by atoms with E-state index in [1.807, 2.05) is 30.5 Å². The second kappa shape index (κ2) is 6.29. The van der Waals surface area contributed by atoms with Crippen LogP contribution in [0.1, 0.15) is 0 Å². The molecule has 2 nitrogen and oxygen atoms in total. The third-order valence-corrected chi connectivity index (χ3v) is 1.41. The SMILES string of the molecule is [W+2].[W].[c-]1ccccc1-n1[c-]ncc1. The summed E-state index contributed by atoms with van der Waals surface area (Å²) in [6, 6.07) is 10.8. The van der Waals surface area contributed by atoms with Gasteiger partial charge >= 0.3 is 21.1 Å². The van der Waals surface area contributed by atoms with Gasteiger partial charge < -0.3 is 9.55 Å². The van der Waals surface area contributed by atoms with Crippen molar-refractivity contribution in [2.24, 2.45) is 0 Å². The molecule has 1 aromatic carbocycles. The average molecular weight is 510 g/mol. The summed E-state index contributed by atoms with van der Waals surface area (Å²) in [5.74, 6) is 0. The Kier molecular flexibility index (Phi) is 6.20. The predicted octanol–water partition coefficient (Wildman–Crippen LogP) is 1.47. The summed E-state index contributed by atoms with van der Waals surface area (Å²) in [7, 11) is 0. The van der Waals surface area contributed by atoms with E-state index < -0.39 is 0 Å². The molecule has 13 heavy (non-hydrogen) atoms. The summed E-state index contributed by atoms with van der Waals surface area (Å²) in [6.07, 6.45) is 6.32. The standard InChI is InChI=1S/C9H6N2.2W/c1-2-4-9(5-3-1)11-7-6-10-8-11;;/h1-4,6-7H;;/q-2;;+2. The molecule has 1 heterocycles. The second-order valence-electron chi connectivity index (χ2n) is 2.15. The van der Waals surface area contributed by atoms with Crippen LogP contribution >= 0.6 is 0 Å². The minimum absolute atomic E-state index is 0. The van der Waals surface area contributed by atoms with Gasteiger partial charge in [0, 0.05) is 27.4 Å². The molecule has 0 N–H and O–H groups in total. The van der Waals surface area contributed by atoms with Gasteiger partial charge in [0.1, 0.15) is 0 Å². The van der Waals surface area contributed by atoms with E-state index in [0.29, 0.717) is 0 Å². The Morgan fingerprint density at radius 1 is 1.31 bits per heavy atom. The first-order valence-corrected chi connectivity index (χ1v) is 3.35. The molecule has 2 rings (SSSR count). The third kappa shape index (κ3) is 3.21. The van der Waals surface area contributed by atoms with E-state index >= 15 is 0 Å². The summed E-state index contributed by atoms with van der Waals surface area (Å²) in [6.45, 7) is 0. The van der Waals surface area contributed by atoms with Crippen molar-refractivity contribution >= 4 is 0 Å². The zero-order valence-electron chi connectivity index (χ0n) is 6.68. The fourth-order valence-electron chi connectivity index (χ4n) is 0.897. The Hall–Kier alpha value is -0.193. The number of rotatable bonds is 1. The van der Waals surface area contributed by atoms with Crippen molar-refractivity contribution < 1.29 is 42.1 Å². The van der Waals surface area contributed by atoms with Crippen LogP contribution in [0.5, 0.6) is 0 Å². The molecule has 0 bridgehead atoms. The minimum atomic E-state index is 0. The number of para-hydroxylation sites is 1. The maximum atomic E-state index is 3.82. The third-order valence-electron chi connectivity index (χ3n) is 1.41.